The molecule has 0 radical (unpaired) electrons. The van der Waals surface area contributed by atoms with Crippen molar-refractivity contribution in [3.8, 4) is 55.8 Å². The van der Waals surface area contributed by atoms with Gasteiger partial charge in [0.2, 0.25) is 0 Å². The quantitative estimate of drug-likeness (QED) is 0.132. The second kappa shape index (κ2) is 12.5. The van der Waals surface area contributed by atoms with Crippen LogP contribution in [0.25, 0.3) is 99.0 Å². The lowest BCUT2D eigenvalue weighted by Gasteiger charge is -2.18. The molecule has 1 nitrogen and oxygen atoms in total. The van der Waals surface area contributed by atoms with Gasteiger partial charge in [-0.1, -0.05) is 182 Å². The van der Waals surface area contributed by atoms with E-state index in [1.807, 2.05) is 0 Å². The van der Waals surface area contributed by atoms with Crippen molar-refractivity contribution >= 4 is 43.2 Å². The molecule has 9 aromatic carbocycles. The molecule has 0 aliphatic rings. The molecule has 0 saturated carbocycles. The molecule has 0 atom stereocenters. The summed E-state index contributed by atoms with van der Waals surface area (Å²) < 4.78 is 0. The molecule has 0 aliphatic heterocycles. The van der Waals surface area contributed by atoms with Crippen LogP contribution >= 0.6 is 0 Å². The Morgan fingerprint density at radius 2 is 0.769 bits per heavy atom. The predicted molar refractivity (Wildman–Crippen MR) is 221 cm³/mol. The molecule has 1 aromatic heterocycles. The number of nitrogens with zero attached hydrogens (tertiary/aromatic N) is 1. The fourth-order valence-corrected chi connectivity index (χ4v) is 8.04. The Hall–Kier alpha value is -6.83. The molecule has 0 bridgehead atoms. The van der Waals surface area contributed by atoms with Gasteiger partial charge in [0.1, 0.15) is 0 Å². The molecule has 10 rings (SSSR count). The maximum absolute atomic E-state index is 5.26. The second-order valence-corrected chi connectivity index (χ2v) is 13.5. The average molecular weight is 660 g/mol. The minimum atomic E-state index is 0.969. The van der Waals surface area contributed by atoms with Crippen LogP contribution in [0.1, 0.15) is 0 Å². The zero-order valence-electron chi connectivity index (χ0n) is 28.5. The minimum absolute atomic E-state index is 0.969. The predicted octanol–water partition coefficient (Wildman–Crippen LogP) is 14.0. The lowest BCUT2D eigenvalue weighted by Crippen LogP contribution is -1.92. The average Bonchev–Trinajstić information content (AvgIpc) is 3.23. The second-order valence-electron chi connectivity index (χ2n) is 13.5. The number of hydrogen-bond acceptors (Lipinski definition) is 1. The fourth-order valence-electron chi connectivity index (χ4n) is 8.04. The summed E-state index contributed by atoms with van der Waals surface area (Å²) in [7, 11) is 0. The van der Waals surface area contributed by atoms with Crippen LogP contribution in [-0.4, -0.2) is 4.98 Å². The molecule has 0 saturated heterocycles. The van der Waals surface area contributed by atoms with Crippen molar-refractivity contribution in [2.45, 2.75) is 0 Å². The third kappa shape index (κ3) is 5.06. The van der Waals surface area contributed by atoms with E-state index in [9.17, 15) is 0 Å². The van der Waals surface area contributed by atoms with E-state index in [1.54, 1.807) is 0 Å². The van der Waals surface area contributed by atoms with Gasteiger partial charge in [-0.3, -0.25) is 0 Å². The van der Waals surface area contributed by atoms with Gasteiger partial charge in [0.15, 0.2) is 0 Å². The molecule has 0 unspecified atom stereocenters. The number of aromatic nitrogens is 1. The molecule has 1 heterocycles. The maximum Gasteiger partial charge on any atom is 0.0722 e. The number of rotatable bonds is 5. The monoisotopic (exact) mass is 659 g/mol. The molecule has 10 aromatic rings. The lowest BCUT2D eigenvalue weighted by atomic mass is 9.85. The summed E-state index contributed by atoms with van der Waals surface area (Å²) in [4.78, 5) is 5.26. The van der Waals surface area contributed by atoms with Gasteiger partial charge in [-0.25, -0.2) is 4.98 Å². The molecular weight excluding hydrogens is 627 g/mol. The SMILES string of the molecule is c1ccc(-c2c3ccccc3c(-c3ccc(-c4cccc(-c5cc(-c6ccccc6)c6c(ccc7ccccc76)n5)c4)cc3)c3ccccc23)cc1. The highest BCUT2D eigenvalue weighted by atomic mass is 14.7. The zero-order chi connectivity index (χ0) is 34.4. The normalized spacial score (nSPS) is 11.5. The molecular formula is C51H33N. The Kier molecular flexibility index (Phi) is 7.22. The molecule has 0 spiro atoms. The fraction of sp³-hybridized carbons (Fsp3) is 0. The van der Waals surface area contributed by atoms with E-state index < -0.39 is 0 Å². The molecule has 0 fully saturated rings. The van der Waals surface area contributed by atoms with Gasteiger partial charge in [0.25, 0.3) is 0 Å². The smallest absolute Gasteiger partial charge is 0.0722 e. The van der Waals surface area contributed by atoms with Crippen molar-refractivity contribution in [3.63, 3.8) is 0 Å². The van der Waals surface area contributed by atoms with Crippen LogP contribution in [0, 0.1) is 0 Å². The summed E-state index contributed by atoms with van der Waals surface area (Å²) in [5, 5.41) is 8.70. The Morgan fingerprint density at radius 3 is 1.40 bits per heavy atom. The highest BCUT2D eigenvalue weighted by Crippen LogP contribution is 2.44. The number of benzene rings is 9. The van der Waals surface area contributed by atoms with Crippen molar-refractivity contribution in [1.82, 2.24) is 4.98 Å². The standard InChI is InChI=1S/C51H33N/c1-3-14-35(15-4-1)46-33-48(52-47-31-30-36-16-7-8-21-41(36)51(46)47)40-20-13-19-39(32-40)34-26-28-38(29-27-34)50-44-24-11-9-22-42(44)49(37-17-5-2-6-18-37)43-23-10-12-25-45(43)50/h1-33H. The van der Waals surface area contributed by atoms with Crippen LogP contribution < -0.4 is 0 Å². The summed E-state index contributed by atoms with van der Waals surface area (Å²) in [5.74, 6) is 0. The van der Waals surface area contributed by atoms with Gasteiger partial charge in [-0.15, -0.1) is 0 Å². The van der Waals surface area contributed by atoms with Crippen LogP contribution in [0.4, 0.5) is 0 Å². The molecule has 1 heteroatoms. The van der Waals surface area contributed by atoms with Crippen LogP contribution in [0.5, 0.6) is 0 Å². The van der Waals surface area contributed by atoms with Crippen LogP contribution in [-0.2, 0) is 0 Å². The highest BCUT2D eigenvalue weighted by Gasteiger charge is 2.17. The number of hydrogen-bond donors (Lipinski definition) is 0. The summed E-state index contributed by atoms with van der Waals surface area (Å²) in [5.41, 5.74) is 12.8. The van der Waals surface area contributed by atoms with Gasteiger partial charge in [0, 0.05) is 10.9 Å². The zero-order valence-corrected chi connectivity index (χ0v) is 28.5. The van der Waals surface area contributed by atoms with Gasteiger partial charge >= 0.3 is 0 Å². The van der Waals surface area contributed by atoms with Gasteiger partial charge in [-0.2, -0.15) is 0 Å². The van der Waals surface area contributed by atoms with E-state index in [4.69, 9.17) is 4.98 Å². The third-order valence-corrected chi connectivity index (χ3v) is 10.4. The summed E-state index contributed by atoms with van der Waals surface area (Å²) >= 11 is 0. The van der Waals surface area contributed by atoms with E-state index >= 15 is 0 Å². The van der Waals surface area contributed by atoms with Crippen LogP contribution in [0.15, 0.2) is 200 Å². The number of pyridine rings is 1. The van der Waals surface area contributed by atoms with Crippen LogP contribution in [0.2, 0.25) is 0 Å². The first-order valence-corrected chi connectivity index (χ1v) is 17.9. The topological polar surface area (TPSA) is 12.9 Å². The van der Waals surface area contributed by atoms with Gasteiger partial charge in [-0.05, 0) is 95.0 Å². The Morgan fingerprint density at radius 1 is 0.288 bits per heavy atom. The van der Waals surface area contributed by atoms with Crippen molar-refractivity contribution < 1.29 is 0 Å². The molecule has 0 N–H and O–H groups in total. The highest BCUT2D eigenvalue weighted by molar-refractivity contribution is 6.21. The Labute approximate surface area is 303 Å². The van der Waals surface area contributed by atoms with E-state index in [1.165, 1.54) is 82.2 Å². The van der Waals surface area contributed by atoms with Gasteiger partial charge in [0.05, 0.1) is 11.2 Å². The third-order valence-electron chi connectivity index (χ3n) is 10.4. The van der Waals surface area contributed by atoms with E-state index in [0.29, 0.717) is 0 Å². The summed E-state index contributed by atoms with van der Waals surface area (Å²) in [6.07, 6.45) is 0. The molecule has 0 aliphatic carbocycles. The van der Waals surface area contributed by atoms with E-state index in [2.05, 4.69) is 200 Å². The molecule has 52 heavy (non-hydrogen) atoms. The first-order valence-electron chi connectivity index (χ1n) is 17.9. The molecule has 0 amide bonds. The Bertz CT molecular complexity index is 2870. The summed E-state index contributed by atoms with van der Waals surface area (Å²) in [6, 6.07) is 72.2. The first kappa shape index (κ1) is 30.0. The van der Waals surface area contributed by atoms with Crippen molar-refractivity contribution in [3.05, 3.63) is 200 Å². The minimum Gasteiger partial charge on any atom is -0.248 e. The first-order chi connectivity index (χ1) is 25.8. The number of fused-ring (bicyclic) bond motifs is 5. The molecule has 242 valence electrons. The van der Waals surface area contributed by atoms with Crippen LogP contribution in [0.3, 0.4) is 0 Å². The maximum atomic E-state index is 5.26. The van der Waals surface area contributed by atoms with E-state index in [-0.39, 0.29) is 0 Å². The van der Waals surface area contributed by atoms with E-state index in [0.717, 1.165) is 16.8 Å². The van der Waals surface area contributed by atoms with Crippen molar-refractivity contribution in [2.24, 2.45) is 0 Å². The van der Waals surface area contributed by atoms with Crippen molar-refractivity contribution in [1.29, 1.82) is 0 Å². The lowest BCUT2D eigenvalue weighted by molar-refractivity contribution is 1.40. The largest absolute Gasteiger partial charge is 0.248 e. The van der Waals surface area contributed by atoms with Crippen molar-refractivity contribution in [2.75, 3.05) is 0 Å². The Balaban J connectivity index is 1.09. The van der Waals surface area contributed by atoms with Gasteiger partial charge < -0.3 is 0 Å². The summed E-state index contributed by atoms with van der Waals surface area (Å²) in [6.45, 7) is 0.